The first kappa shape index (κ1) is 15.5. The number of carbonyl (C=O) groups is 1. The highest BCUT2D eigenvalue weighted by molar-refractivity contribution is 5.96. The van der Waals surface area contributed by atoms with Crippen molar-refractivity contribution in [1.29, 1.82) is 5.41 Å². The number of nitrogens with two attached hydrogens (primary N) is 2. The molecule has 114 valence electrons. The highest BCUT2D eigenvalue weighted by atomic mass is 16.5. The molecule has 0 radical (unpaired) electrons. The zero-order valence-corrected chi connectivity index (χ0v) is 12.0. The molecule has 2 aromatic rings. The molecule has 22 heavy (non-hydrogen) atoms. The Morgan fingerprint density at radius 1 is 1.18 bits per heavy atom. The molecule has 0 saturated carbocycles. The van der Waals surface area contributed by atoms with Crippen molar-refractivity contribution in [1.82, 2.24) is 0 Å². The van der Waals surface area contributed by atoms with Gasteiger partial charge in [0.05, 0.1) is 7.11 Å². The first-order valence-corrected chi connectivity index (χ1v) is 6.52. The lowest BCUT2D eigenvalue weighted by molar-refractivity contribution is -0.133. The number of rotatable bonds is 5. The van der Waals surface area contributed by atoms with E-state index in [0.29, 0.717) is 11.1 Å². The number of hydrogen-bond acceptors (Lipinski definition) is 4. The van der Waals surface area contributed by atoms with Gasteiger partial charge in [-0.1, -0.05) is 42.5 Å². The lowest BCUT2D eigenvalue weighted by Crippen LogP contribution is -2.42. The van der Waals surface area contributed by atoms with E-state index in [9.17, 15) is 9.90 Å². The molecule has 0 aliphatic carbocycles. The standard InChI is InChI=1S/C16H17N3O3/c1-22-13-9-10(14(17)18)7-8-12(13)16(21,15(19)20)11-5-3-2-4-6-11/h2-9,21H,1H3,(H3,17,18)(H2,19,20). The summed E-state index contributed by atoms with van der Waals surface area (Å²) in [5.74, 6) is -0.849. The number of methoxy groups -OCH3 is 1. The summed E-state index contributed by atoms with van der Waals surface area (Å²) in [4.78, 5) is 12.0. The average Bonchev–Trinajstić information content (AvgIpc) is 2.54. The molecule has 6 heteroatoms. The molecule has 0 fully saturated rings. The lowest BCUT2D eigenvalue weighted by Gasteiger charge is -2.27. The molecule has 0 bridgehead atoms. The summed E-state index contributed by atoms with van der Waals surface area (Å²) in [5.41, 5.74) is 9.79. The van der Waals surface area contributed by atoms with Crippen LogP contribution in [0.1, 0.15) is 16.7 Å². The SMILES string of the molecule is COc1cc(C(=N)N)ccc1C(O)(C(N)=O)c1ccccc1. The van der Waals surface area contributed by atoms with Gasteiger partial charge in [-0.05, 0) is 11.6 Å². The van der Waals surface area contributed by atoms with E-state index < -0.39 is 11.5 Å². The molecule has 2 aromatic carbocycles. The van der Waals surface area contributed by atoms with Gasteiger partial charge >= 0.3 is 0 Å². The second kappa shape index (κ2) is 5.87. The van der Waals surface area contributed by atoms with Crippen molar-refractivity contribution in [2.75, 3.05) is 7.11 Å². The number of nitrogen functional groups attached to an aromatic ring is 1. The second-order valence-corrected chi connectivity index (χ2v) is 4.77. The van der Waals surface area contributed by atoms with E-state index in [0.717, 1.165) is 0 Å². The van der Waals surface area contributed by atoms with Gasteiger partial charge in [0.2, 0.25) is 0 Å². The first-order valence-electron chi connectivity index (χ1n) is 6.52. The number of amidine groups is 1. The Balaban J connectivity index is 2.69. The monoisotopic (exact) mass is 299 g/mol. The van der Waals surface area contributed by atoms with Gasteiger partial charge in [-0.3, -0.25) is 10.2 Å². The number of primary amides is 1. The van der Waals surface area contributed by atoms with Crippen LogP contribution in [-0.4, -0.2) is 24.0 Å². The van der Waals surface area contributed by atoms with E-state index in [1.54, 1.807) is 30.3 Å². The summed E-state index contributed by atoms with van der Waals surface area (Å²) >= 11 is 0. The number of carbonyl (C=O) groups excluding carboxylic acids is 1. The maximum atomic E-state index is 12.0. The number of nitrogens with one attached hydrogen (secondary N) is 1. The number of hydrogen-bond donors (Lipinski definition) is 4. The molecule has 0 spiro atoms. The first-order chi connectivity index (χ1) is 10.4. The van der Waals surface area contributed by atoms with Crippen molar-refractivity contribution < 1.29 is 14.6 Å². The predicted molar refractivity (Wildman–Crippen MR) is 82.6 cm³/mol. The van der Waals surface area contributed by atoms with Crippen LogP contribution in [0, 0.1) is 5.41 Å². The zero-order valence-electron chi connectivity index (χ0n) is 12.0. The van der Waals surface area contributed by atoms with Gasteiger partial charge in [-0.2, -0.15) is 0 Å². The molecule has 0 heterocycles. The Morgan fingerprint density at radius 2 is 1.82 bits per heavy atom. The van der Waals surface area contributed by atoms with Gasteiger partial charge in [0.1, 0.15) is 11.6 Å². The van der Waals surface area contributed by atoms with Crippen LogP contribution in [0.3, 0.4) is 0 Å². The fourth-order valence-corrected chi connectivity index (χ4v) is 2.27. The van der Waals surface area contributed by atoms with Gasteiger partial charge in [0.15, 0.2) is 5.60 Å². The third kappa shape index (κ3) is 2.51. The molecule has 1 unspecified atom stereocenters. The highest BCUT2D eigenvalue weighted by Crippen LogP contribution is 2.36. The Hall–Kier alpha value is -2.86. The van der Waals surface area contributed by atoms with Crippen LogP contribution >= 0.6 is 0 Å². The Morgan fingerprint density at radius 3 is 2.32 bits per heavy atom. The molecule has 2 rings (SSSR count). The van der Waals surface area contributed by atoms with Gasteiger partial charge in [-0.25, -0.2) is 0 Å². The van der Waals surface area contributed by atoms with E-state index in [-0.39, 0.29) is 17.1 Å². The average molecular weight is 299 g/mol. The summed E-state index contributed by atoms with van der Waals surface area (Å²) in [5, 5.41) is 18.4. The summed E-state index contributed by atoms with van der Waals surface area (Å²) in [6, 6.07) is 12.8. The molecular formula is C16H17N3O3. The van der Waals surface area contributed by atoms with Crippen LogP contribution in [0.25, 0.3) is 0 Å². The Labute approximate surface area is 127 Å². The minimum absolute atomic E-state index is 0.146. The normalized spacial score (nSPS) is 13.2. The lowest BCUT2D eigenvalue weighted by atomic mass is 9.84. The van der Waals surface area contributed by atoms with Crippen molar-refractivity contribution in [3.8, 4) is 5.75 Å². The molecule has 0 aliphatic rings. The van der Waals surface area contributed by atoms with Crippen molar-refractivity contribution >= 4 is 11.7 Å². The van der Waals surface area contributed by atoms with E-state index in [4.69, 9.17) is 21.6 Å². The van der Waals surface area contributed by atoms with Crippen LogP contribution in [0.15, 0.2) is 48.5 Å². The van der Waals surface area contributed by atoms with Crippen LogP contribution in [0.5, 0.6) is 5.75 Å². The zero-order chi connectivity index (χ0) is 16.3. The molecule has 6 nitrogen and oxygen atoms in total. The second-order valence-electron chi connectivity index (χ2n) is 4.77. The van der Waals surface area contributed by atoms with Crippen molar-refractivity contribution in [2.45, 2.75) is 5.60 Å². The van der Waals surface area contributed by atoms with Crippen molar-refractivity contribution in [3.05, 3.63) is 65.2 Å². The maximum absolute atomic E-state index is 12.0. The van der Waals surface area contributed by atoms with Gasteiger partial charge in [0.25, 0.3) is 5.91 Å². The van der Waals surface area contributed by atoms with Gasteiger partial charge in [-0.15, -0.1) is 0 Å². The van der Waals surface area contributed by atoms with E-state index in [2.05, 4.69) is 0 Å². The molecule has 0 saturated heterocycles. The van der Waals surface area contributed by atoms with Crippen molar-refractivity contribution in [2.24, 2.45) is 11.5 Å². The quantitative estimate of drug-likeness (QED) is 0.479. The topological polar surface area (TPSA) is 122 Å². The molecule has 0 aromatic heterocycles. The maximum Gasteiger partial charge on any atom is 0.258 e. The van der Waals surface area contributed by atoms with E-state index >= 15 is 0 Å². The molecule has 6 N–H and O–H groups in total. The smallest absolute Gasteiger partial charge is 0.258 e. The van der Waals surface area contributed by atoms with Crippen LogP contribution in [0.4, 0.5) is 0 Å². The van der Waals surface area contributed by atoms with Crippen molar-refractivity contribution in [3.63, 3.8) is 0 Å². The van der Waals surface area contributed by atoms with Crippen LogP contribution in [0.2, 0.25) is 0 Å². The molecule has 0 aliphatic heterocycles. The highest BCUT2D eigenvalue weighted by Gasteiger charge is 2.40. The number of aliphatic hydroxyl groups is 1. The fourth-order valence-electron chi connectivity index (χ4n) is 2.27. The van der Waals surface area contributed by atoms with E-state index in [1.807, 2.05) is 0 Å². The van der Waals surface area contributed by atoms with Gasteiger partial charge < -0.3 is 21.3 Å². The summed E-state index contributed by atoms with van der Waals surface area (Å²) in [6.45, 7) is 0. The third-order valence-corrected chi connectivity index (χ3v) is 3.45. The minimum atomic E-state index is -2.04. The molecule has 1 amide bonds. The largest absolute Gasteiger partial charge is 0.496 e. The fraction of sp³-hybridized carbons (Fsp3) is 0.125. The molecule has 1 atom stereocenters. The number of benzene rings is 2. The van der Waals surface area contributed by atoms with Crippen LogP contribution in [-0.2, 0) is 10.4 Å². The minimum Gasteiger partial charge on any atom is -0.496 e. The predicted octanol–water partition coefficient (Wildman–Crippen LogP) is 0.700. The van der Waals surface area contributed by atoms with Gasteiger partial charge in [0, 0.05) is 11.1 Å². The Kier molecular flexibility index (Phi) is 4.14. The summed E-state index contributed by atoms with van der Waals surface area (Å²) < 4.78 is 5.23. The number of amides is 1. The molecular weight excluding hydrogens is 282 g/mol. The summed E-state index contributed by atoms with van der Waals surface area (Å²) in [6.07, 6.45) is 0. The third-order valence-electron chi connectivity index (χ3n) is 3.45. The van der Waals surface area contributed by atoms with Crippen LogP contribution < -0.4 is 16.2 Å². The Bertz CT molecular complexity index is 716. The van der Waals surface area contributed by atoms with E-state index in [1.165, 1.54) is 25.3 Å². The number of ether oxygens (including phenoxy) is 1. The summed E-state index contributed by atoms with van der Waals surface area (Å²) in [7, 11) is 1.40.